The van der Waals surface area contributed by atoms with Gasteiger partial charge in [0.15, 0.2) is 5.12 Å². The van der Waals surface area contributed by atoms with Gasteiger partial charge in [-0.3, -0.25) is 14.9 Å². The van der Waals surface area contributed by atoms with E-state index in [9.17, 15) is 28.1 Å². The lowest BCUT2D eigenvalue weighted by Crippen LogP contribution is -2.12. The zero-order valence-electron chi connectivity index (χ0n) is 16.3. The van der Waals surface area contributed by atoms with Crippen molar-refractivity contribution in [1.82, 2.24) is 0 Å². The van der Waals surface area contributed by atoms with Gasteiger partial charge in [0.2, 0.25) is 0 Å². The van der Waals surface area contributed by atoms with Crippen molar-refractivity contribution in [2.45, 2.75) is 50.0 Å². The number of nitro groups is 1. The molecule has 0 bridgehead atoms. The summed E-state index contributed by atoms with van der Waals surface area (Å²) in [6, 6.07) is 6.53. The van der Waals surface area contributed by atoms with E-state index in [1.54, 1.807) is 0 Å². The van der Waals surface area contributed by atoms with Gasteiger partial charge in [0, 0.05) is 23.3 Å². The lowest BCUT2D eigenvalue weighted by molar-refractivity contribution is -0.385. The van der Waals surface area contributed by atoms with E-state index in [4.69, 9.17) is 16.3 Å². The average molecular weight is 474 g/mol. The molecule has 1 aliphatic carbocycles. The number of alkyl halides is 3. The molecule has 0 atom stereocenters. The van der Waals surface area contributed by atoms with Crippen molar-refractivity contribution in [3.05, 3.63) is 62.7 Å². The number of rotatable bonds is 6. The molecule has 0 spiro atoms. The van der Waals surface area contributed by atoms with Crippen LogP contribution < -0.4 is 4.74 Å². The van der Waals surface area contributed by atoms with Gasteiger partial charge in [-0.1, -0.05) is 42.6 Å². The zero-order valence-corrected chi connectivity index (χ0v) is 17.9. The quantitative estimate of drug-likeness (QED) is 0.328. The molecule has 2 aromatic rings. The maximum absolute atomic E-state index is 12.8. The number of carbonyl (C=O) groups excluding carboxylic acids is 1. The SMILES string of the molecule is O=C(Cc1cc(Oc2ccc(C(F)(F)F)cc2Cl)ccc1[N+](=O)[O-])SC1CCCCC1. The van der Waals surface area contributed by atoms with Crippen LogP contribution in [0.15, 0.2) is 36.4 Å². The van der Waals surface area contributed by atoms with Crippen molar-refractivity contribution < 1.29 is 27.6 Å². The molecule has 5 nitrogen and oxygen atoms in total. The fourth-order valence-electron chi connectivity index (χ4n) is 3.40. The van der Waals surface area contributed by atoms with Crippen molar-refractivity contribution in [3.63, 3.8) is 0 Å². The van der Waals surface area contributed by atoms with Gasteiger partial charge in [-0.25, -0.2) is 0 Å². The van der Waals surface area contributed by atoms with E-state index in [0.29, 0.717) is 0 Å². The molecule has 0 saturated heterocycles. The summed E-state index contributed by atoms with van der Waals surface area (Å²) in [5.41, 5.74) is -0.957. The van der Waals surface area contributed by atoms with Crippen molar-refractivity contribution in [3.8, 4) is 11.5 Å². The standard InChI is InChI=1S/C21H19ClF3NO4S/c22-17-12-14(21(23,24)25)6-9-19(17)30-15-7-8-18(26(28)29)13(10-15)11-20(27)31-16-4-2-1-3-5-16/h6-10,12,16H,1-5,11H2. The van der Waals surface area contributed by atoms with Crippen LogP contribution in [0.1, 0.15) is 43.2 Å². The molecule has 1 saturated carbocycles. The maximum Gasteiger partial charge on any atom is 0.416 e. The van der Waals surface area contributed by atoms with Crippen LogP contribution in [0.3, 0.4) is 0 Å². The number of thioether (sulfide) groups is 1. The number of benzene rings is 2. The highest BCUT2D eigenvalue weighted by atomic mass is 35.5. The second kappa shape index (κ2) is 9.91. The first-order valence-corrected chi connectivity index (χ1v) is 10.9. The fraction of sp³-hybridized carbons (Fsp3) is 0.381. The molecule has 10 heteroatoms. The summed E-state index contributed by atoms with van der Waals surface area (Å²) in [5.74, 6) is 0.107. The molecule has 0 heterocycles. The maximum atomic E-state index is 12.8. The first-order chi connectivity index (χ1) is 14.6. The van der Waals surface area contributed by atoms with Gasteiger partial charge in [0.25, 0.3) is 5.69 Å². The summed E-state index contributed by atoms with van der Waals surface area (Å²) in [4.78, 5) is 23.3. The minimum atomic E-state index is -4.54. The minimum absolute atomic E-state index is 0.0302. The topological polar surface area (TPSA) is 69.4 Å². The summed E-state index contributed by atoms with van der Waals surface area (Å²) in [6.07, 6.45) is 0.518. The summed E-state index contributed by atoms with van der Waals surface area (Å²) in [7, 11) is 0. The number of hydrogen-bond donors (Lipinski definition) is 0. The van der Waals surface area contributed by atoms with Crippen LogP contribution in [-0.4, -0.2) is 15.3 Å². The summed E-state index contributed by atoms with van der Waals surface area (Å²) in [6.45, 7) is 0. The molecule has 2 aromatic carbocycles. The molecule has 0 aliphatic heterocycles. The number of nitro benzene ring substituents is 1. The Kier molecular flexibility index (Phi) is 7.48. The van der Waals surface area contributed by atoms with E-state index in [-0.39, 0.29) is 44.6 Å². The molecular weight excluding hydrogens is 455 g/mol. The Bertz CT molecular complexity index is 978. The van der Waals surface area contributed by atoms with E-state index >= 15 is 0 Å². The first-order valence-electron chi connectivity index (χ1n) is 9.65. The third-order valence-corrected chi connectivity index (χ3v) is 6.43. The van der Waals surface area contributed by atoms with Crippen molar-refractivity contribution in [2.75, 3.05) is 0 Å². The zero-order chi connectivity index (χ0) is 22.6. The second-order valence-corrected chi connectivity index (χ2v) is 8.98. The minimum Gasteiger partial charge on any atom is -0.456 e. The van der Waals surface area contributed by atoms with Crippen LogP contribution >= 0.6 is 23.4 Å². The molecular formula is C21H19ClF3NO4S. The molecule has 1 fully saturated rings. The van der Waals surface area contributed by atoms with E-state index in [1.807, 2.05) is 0 Å². The number of ether oxygens (including phenoxy) is 1. The molecule has 1 aliphatic rings. The van der Waals surface area contributed by atoms with Crippen LogP contribution in [0.25, 0.3) is 0 Å². The smallest absolute Gasteiger partial charge is 0.416 e. The molecule has 0 aromatic heterocycles. The molecule has 0 unspecified atom stereocenters. The van der Waals surface area contributed by atoms with Crippen LogP contribution in [-0.2, 0) is 17.4 Å². The largest absolute Gasteiger partial charge is 0.456 e. The molecule has 0 radical (unpaired) electrons. The van der Waals surface area contributed by atoms with Crippen LogP contribution in [0.4, 0.5) is 18.9 Å². The van der Waals surface area contributed by atoms with E-state index in [2.05, 4.69) is 0 Å². The highest BCUT2D eigenvalue weighted by molar-refractivity contribution is 8.14. The lowest BCUT2D eigenvalue weighted by atomic mass is 10.0. The van der Waals surface area contributed by atoms with Crippen molar-refractivity contribution in [1.29, 1.82) is 0 Å². The average Bonchev–Trinajstić information content (AvgIpc) is 2.69. The van der Waals surface area contributed by atoms with Gasteiger partial charge in [-0.15, -0.1) is 0 Å². The molecule has 0 amide bonds. The van der Waals surface area contributed by atoms with Gasteiger partial charge in [0.1, 0.15) is 11.5 Å². The lowest BCUT2D eigenvalue weighted by Gasteiger charge is -2.20. The Morgan fingerprint density at radius 3 is 2.48 bits per heavy atom. The highest BCUT2D eigenvalue weighted by Gasteiger charge is 2.31. The van der Waals surface area contributed by atoms with Crippen LogP contribution in [0, 0.1) is 10.1 Å². The second-order valence-electron chi connectivity index (χ2n) is 7.22. The molecule has 31 heavy (non-hydrogen) atoms. The molecule has 3 rings (SSSR count). The predicted molar refractivity (Wildman–Crippen MR) is 113 cm³/mol. The number of halogens is 4. The van der Waals surface area contributed by atoms with E-state index in [0.717, 1.165) is 50.3 Å². The Hall–Kier alpha value is -2.26. The highest BCUT2D eigenvalue weighted by Crippen LogP contribution is 2.37. The third kappa shape index (κ3) is 6.36. The van der Waals surface area contributed by atoms with E-state index < -0.39 is 16.7 Å². The first kappa shape index (κ1) is 23.4. The van der Waals surface area contributed by atoms with Gasteiger partial charge in [-0.2, -0.15) is 13.2 Å². The third-order valence-electron chi connectivity index (χ3n) is 4.92. The van der Waals surface area contributed by atoms with Gasteiger partial charge in [-0.05, 0) is 43.2 Å². The fourth-order valence-corrected chi connectivity index (χ4v) is 4.80. The van der Waals surface area contributed by atoms with Gasteiger partial charge < -0.3 is 4.74 Å². The summed E-state index contributed by atoms with van der Waals surface area (Å²) < 4.78 is 43.9. The number of nitrogens with zero attached hydrogens (tertiary/aromatic N) is 1. The monoisotopic (exact) mass is 473 g/mol. The van der Waals surface area contributed by atoms with E-state index in [1.165, 1.54) is 30.0 Å². The Labute approximate surface area is 186 Å². The Morgan fingerprint density at radius 1 is 1.16 bits per heavy atom. The molecule has 166 valence electrons. The Morgan fingerprint density at radius 2 is 1.87 bits per heavy atom. The van der Waals surface area contributed by atoms with Crippen LogP contribution in [0.2, 0.25) is 5.02 Å². The van der Waals surface area contributed by atoms with Crippen molar-refractivity contribution in [2.24, 2.45) is 0 Å². The molecule has 0 N–H and O–H groups in total. The van der Waals surface area contributed by atoms with Crippen molar-refractivity contribution >= 4 is 34.2 Å². The number of hydrogen-bond acceptors (Lipinski definition) is 5. The predicted octanol–water partition coefficient (Wildman–Crippen LogP) is 7.19. The van der Waals surface area contributed by atoms with Gasteiger partial charge >= 0.3 is 6.18 Å². The van der Waals surface area contributed by atoms with Crippen LogP contribution in [0.5, 0.6) is 11.5 Å². The van der Waals surface area contributed by atoms with Gasteiger partial charge in [0.05, 0.1) is 15.5 Å². The summed E-state index contributed by atoms with van der Waals surface area (Å²) >= 11 is 7.13. The number of carbonyl (C=O) groups is 1. The summed E-state index contributed by atoms with van der Waals surface area (Å²) in [5, 5.41) is 11.2. The Balaban J connectivity index is 1.78. The normalized spacial score (nSPS) is 15.0.